The number of aliphatic hydroxyl groups excluding tert-OH is 1. The van der Waals surface area contributed by atoms with E-state index in [-0.39, 0.29) is 24.9 Å². The van der Waals surface area contributed by atoms with Crippen molar-refractivity contribution in [2.45, 2.75) is 0 Å². The normalized spacial score (nSPS) is 10.7. The van der Waals surface area contributed by atoms with Crippen LogP contribution < -0.4 is 17.7 Å². The molecule has 1 rings (SSSR count). The molecule has 6 heteroatoms. The number of amides is 1. The van der Waals surface area contributed by atoms with E-state index in [2.05, 4.69) is 21.2 Å². The third kappa shape index (κ3) is 6.35. The van der Waals surface area contributed by atoms with Gasteiger partial charge in [-0.3, -0.25) is 4.79 Å². The number of aliphatic hydroxyl groups is 1. The molecule has 0 saturated heterocycles. The topological polar surface area (TPSA) is 49.3 Å². The first-order valence-electron chi connectivity index (χ1n) is 5.41. The van der Waals surface area contributed by atoms with Gasteiger partial charge >= 0.3 is 0 Å². The summed E-state index contributed by atoms with van der Waals surface area (Å²) in [5.41, 5.74) is 0.780. The highest BCUT2D eigenvalue weighted by molar-refractivity contribution is 9.10. The van der Waals surface area contributed by atoms with Crippen LogP contribution in [0.3, 0.4) is 0 Å². The lowest BCUT2D eigenvalue weighted by atomic mass is 10.3. The number of hydrogen-bond donors (Lipinski definition) is 2. The first kappa shape index (κ1) is 17.4. The molecular weight excluding hydrogens is 320 g/mol. The first-order valence-corrected chi connectivity index (χ1v) is 6.20. The first-order chi connectivity index (χ1) is 7.93. The highest BCUT2D eigenvalue weighted by Crippen LogP contribution is 2.14. The predicted octanol–water partition coefficient (Wildman–Crippen LogP) is -1.54. The smallest absolute Gasteiger partial charge is 0.279 e. The van der Waals surface area contributed by atoms with Crippen LogP contribution in [0.25, 0.3) is 0 Å². The molecule has 0 aliphatic rings. The van der Waals surface area contributed by atoms with Crippen LogP contribution in [0, 0.1) is 0 Å². The second-order valence-electron chi connectivity index (χ2n) is 4.60. The second-order valence-corrected chi connectivity index (χ2v) is 5.51. The molecule has 102 valence electrons. The average Bonchev–Trinajstić information content (AvgIpc) is 2.20. The van der Waals surface area contributed by atoms with Crippen LogP contribution in [0.4, 0.5) is 5.69 Å². The molecule has 0 radical (unpaired) electrons. The minimum absolute atomic E-state index is 0. The van der Waals surface area contributed by atoms with Crippen molar-refractivity contribution in [2.75, 3.05) is 39.1 Å². The van der Waals surface area contributed by atoms with Gasteiger partial charge in [-0.1, -0.05) is 15.9 Å². The Balaban J connectivity index is 0.00000289. The standard InChI is InChI=1S/C12H17BrN2O2.ClH/c1-15(2,7-8-16)9-12(17)14-11-5-3-10(13)4-6-11;/h3-6,16H,7-9H2,1-2H3;1H. The Kier molecular flexibility index (Phi) is 7.47. The monoisotopic (exact) mass is 336 g/mol. The van der Waals surface area contributed by atoms with E-state index in [0.717, 1.165) is 10.2 Å². The Hall–Kier alpha value is -0.620. The fourth-order valence-corrected chi connectivity index (χ4v) is 1.74. The third-order valence-electron chi connectivity index (χ3n) is 2.40. The van der Waals surface area contributed by atoms with Crippen LogP contribution in [0.15, 0.2) is 28.7 Å². The number of anilines is 1. The van der Waals surface area contributed by atoms with Gasteiger partial charge in [-0.25, -0.2) is 0 Å². The molecule has 4 nitrogen and oxygen atoms in total. The Morgan fingerprint density at radius 3 is 2.39 bits per heavy atom. The Bertz CT molecular complexity index is 382. The van der Waals surface area contributed by atoms with Crippen LogP contribution in [0.5, 0.6) is 0 Å². The van der Waals surface area contributed by atoms with Crippen molar-refractivity contribution in [3.05, 3.63) is 28.7 Å². The number of benzene rings is 1. The number of carbonyl (C=O) groups excluding carboxylic acids is 1. The predicted molar refractivity (Wildman–Crippen MR) is 71.7 cm³/mol. The molecule has 0 atom stereocenters. The summed E-state index contributed by atoms with van der Waals surface area (Å²) in [6.07, 6.45) is 0. The lowest BCUT2D eigenvalue weighted by molar-refractivity contribution is -0.882. The summed E-state index contributed by atoms with van der Waals surface area (Å²) in [6.45, 7) is 0.989. The van der Waals surface area contributed by atoms with Crippen molar-refractivity contribution in [2.24, 2.45) is 0 Å². The maximum atomic E-state index is 11.8. The lowest BCUT2D eigenvalue weighted by Crippen LogP contribution is -3.00. The second kappa shape index (κ2) is 7.74. The van der Waals surface area contributed by atoms with Gasteiger partial charge in [0.1, 0.15) is 6.54 Å². The largest absolute Gasteiger partial charge is 1.00 e. The number of hydrogen-bond acceptors (Lipinski definition) is 2. The molecule has 18 heavy (non-hydrogen) atoms. The summed E-state index contributed by atoms with van der Waals surface area (Å²) in [5.74, 6) is -0.0502. The van der Waals surface area contributed by atoms with E-state index in [1.54, 1.807) is 0 Å². The van der Waals surface area contributed by atoms with Crippen molar-refractivity contribution in [1.29, 1.82) is 0 Å². The van der Waals surface area contributed by atoms with Gasteiger partial charge in [-0.05, 0) is 24.3 Å². The lowest BCUT2D eigenvalue weighted by Gasteiger charge is -2.27. The SMILES string of the molecule is C[N+](C)(CCO)CC(=O)Nc1ccc(Br)cc1.[Cl-]. The van der Waals surface area contributed by atoms with Gasteiger partial charge in [-0.15, -0.1) is 0 Å². The average molecular weight is 338 g/mol. The van der Waals surface area contributed by atoms with Crippen molar-refractivity contribution >= 4 is 27.5 Å². The zero-order valence-corrected chi connectivity index (χ0v) is 12.8. The molecule has 0 heterocycles. The Labute approximate surface area is 122 Å². The number of nitrogens with one attached hydrogen (secondary N) is 1. The number of likely N-dealkylation sites (N-methyl/N-ethyl adjacent to an activating group) is 1. The van der Waals surface area contributed by atoms with Crippen molar-refractivity contribution < 1.29 is 26.8 Å². The molecule has 0 saturated carbocycles. The van der Waals surface area contributed by atoms with E-state index < -0.39 is 0 Å². The molecule has 0 unspecified atom stereocenters. The van der Waals surface area contributed by atoms with Crippen molar-refractivity contribution in [3.63, 3.8) is 0 Å². The quantitative estimate of drug-likeness (QED) is 0.640. The fourth-order valence-electron chi connectivity index (χ4n) is 1.47. The van der Waals surface area contributed by atoms with E-state index in [4.69, 9.17) is 5.11 Å². The van der Waals surface area contributed by atoms with Gasteiger partial charge in [0.2, 0.25) is 0 Å². The summed E-state index contributed by atoms with van der Waals surface area (Å²) < 4.78 is 1.45. The number of carbonyl (C=O) groups is 1. The van der Waals surface area contributed by atoms with Gasteiger partial charge in [0, 0.05) is 10.2 Å². The van der Waals surface area contributed by atoms with Gasteiger partial charge in [0.05, 0.1) is 20.7 Å². The maximum absolute atomic E-state index is 11.8. The van der Waals surface area contributed by atoms with Gasteiger partial charge in [0.15, 0.2) is 6.54 Å². The highest BCUT2D eigenvalue weighted by Gasteiger charge is 2.19. The van der Waals surface area contributed by atoms with E-state index in [1.807, 2.05) is 38.4 Å². The van der Waals surface area contributed by atoms with Crippen molar-refractivity contribution in [3.8, 4) is 0 Å². The van der Waals surface area contributed by atoms with Crippen LogP contribution in [0.1, 0.15) is 0 Å². The minimum atomic E-state index is -0.0502. The fraction of sp³-hybridized carbons (Fsp3) is 0.417. The molecule has 0 fully saturated rings. The Morgan fingerprint density at radius 1 is 1.33 bits per heavy atom. The summed E-state index contributed by atoms with van der Waals surface area (Å²) in [7, 11) is 3.83. The molecule has 0 aliphatic heterocycles. The van der Waals surface area contributed by atoms with Crippen LogP contribution >= 0.6 is 15.9 Å². The van der Waals surface area contributed by atoms with E-state index in [1.165, 1.54) is 0 Å². The van der Waals surface area contributed by atoms with Crippen molar-refractivity contribution in [1.82, 2.24) is 0 Å². The molecular formula is C12H18BrClN2O2. The summed E-state index contributed by atoms with van der Waals surface area (Å²) in [5, 5.41) is 11.7. The van der Waals surface area contributed by atoms with E-state index in [0.29, 0.717) is 17.6 Å². The summed E-state index contributed by atoms with van der Waals surface area (Å²) >= 11 is 3.34. The molecule has 1 aromatic rings. The molecule has 1 amide bonds. The van der Waals surface area contributed by atoms with E-state index >= 15 is 0 Å². The minimum Gasteiger partial charge on any atom is -1.00 e. The molecule has 1 aromatic carbocycles. The number of quaternary nitrogens is 1. The molecule has 2 N–H and O–H groups in total. The zero-order valence-electron chi connectivity index (χ0n) is 10.5. The van der Waals surface area contributed by atoms with Gasteiger partial charge in [0.25, 0.3) is 5.91 Å². The molecule has 0 spiro atoms. The van der Waals surface area contributed by atoms with E-state index in [9.17, 15) is 4.79 Å². The number of halogens is 2. The Morgan fingerprint density at radius 2 is 1.89 bits per heavy atom. The summed E-state index contributed by atoms with van der Waals surface area (Å²) in [6, 6.07) is 7.44. The van der Waals surface area contributed by atoms with Gasteiger partial charge in [-0.2, -0.15) is 0 Å². The zero-order chi connectivity index (χ0) is 12.9. The molecule has 0 aliphatic carbocycles. The molecule has 0 aromatic heterocycles. The maximum Gasteiger partial charge on any atom is 0.279 e. The summed E-state index contributed by atoms with van der Waals surface area (Å²) in [4.78, 5) is 11.8. The van der Waals surface area contributed by atoms with Gasteiger partial charge < -0.3 is 27.3 Å². The third-order valence-corrected chi connectivity index (χ3v) is 2.93. The van der Waals surface area contributed by atoms with Crippen LogP contribution in [-0.2, 0) is 4.79 Å². The number of rotatable bonds is 5. The number of nitrogens with zero attached hydrogens (tertiary/aromatic N) is 1. The van der Waals surface area contributed by atoms with Crippen LogP contribution in [0.2, 0.25) is 0 Å². The van der Waals surface area contributed by atoms with Crippen LogP contribution in [-0.4, -0.2) is 49.3 Å². The molecule has 0 bridgehead atoms. The highest BCUT2D eigenvalue weighted by atomic mass is 79.9.